The third-order valence-electron chi connectivity index (χ3n) is 4.39. The molecule has 0 radical (unpaired) electrons. The van der Waals surface area contributed by atoms with E-state index in [1.807, 2.05) is 28.9 Å². The average molecular weight is 344 g/mol. The van der Waals surface area contributed by atoms with Crippen LogP contribution in [0.4, 0.5) is 0 Å². The molecular formula is C18H24N4O3. The van der Waals surface area contributed by atoms with Gasteiger partial charge in [0.25, 0.3) is 5.91 Å². The van der Waals surface area contributed by atoms with Gasteiger partial charge in [0.2, 0.25) is 0 Å². The van der Waals surface area contributed by atoms with Crippen LogP contribution in [0.2, 0.25) is 0 Å². The van der Waals surface area contributed by atoms with Gasteiger partial charge in [0.15, 0.2) is 5.69 Å². The molecule has 2 heterocycles. The summed E-state index contributed by atoms with van der Waals surface area (Å²) in [6, 6.07) is 7.77. The standard InChI is InChI=1S/C18H24N4O3/c1-20(2)18(23)16-9-14-12-21(7-8-22(14)19-16)11-13-5-6-15(24-3)10-17(13)25-4/h5-6,9-10H,7-8,11-12H2,1-4H3. The van der Waals surface area contributed by atoms with Crippen molar-refractivity contribution in [2.24, 2.45) is 0 Å². The van der Waals surface area contributed by atoms with E-state index in [2.05, 4.69) is 10.00 Å². The van der Waals surface area contributed by atoms with Crippen LogP contribution in [0.3, 0.4) is 0 Å². The molecule has 0 atom stereocenters. The second kappa shape index (κ2) is 7.14. The van der Waals surface area contributed by atoms with E-state index in [9.17, 15) is 4.79 Å². The molecule has 0 aliphatic carbocycles. The maximum Gasteiger partial charge on any atom is 0.273 e. The number of ether oxygens (including phenoxy) is 2. The number of hydrogen-bond donors (Lipinski definition) is 0. The Hall–Kier alpha value is -2.54. The topological polar surface area (TPSA) is 59.8 Å². The van der Waals surface area contributed by atoms with Gasteiger partial charge >= 0.3 is 0 Å². The van der Waals surface area contributed by atoms with Crippen molar-refractivity contribution in [3.05, 3.63) is 41.2 Å². The van der Waals surface area contributed by atoms with E-state index >= 15 is 0 Å². The lowest BCUT2D eigenvalue weighted by atomic mass is 10.1. The number of carbonyl (C=O) groups is 1. The molecule has 0 unspecified atom stereocenters. The average Bonchev–Trinajstić information content (AvgIpc) is 3.04. The van der Waals surface area contributed by atoms with Crippen LogP contribution in [-0.2, 0) is 19.6 Å². The second-order valence-electron chi connectivity index (χ2n) is 6.33. The van der Waals surface area contributed by atoms with Gasteiger partial charge in [0.05, 0.1) is 26.5 Å². The quantitative estimate of drug-likeness (QED) is 0.825. The predicted molar refractivity (Wildman–Crippen MR) is 93.9 cm³/mol. The van der Waals surface area contributed by atoms with Gasteiger partial charge in [-0.2, -0.15) is 5.10 Å². The normalized spacial score (nSPS) is 14.1. The molecular weight excluding hydrogens is 320 g/mol. The van der Waals surface area contributed by atoms with Crippen LogP contribution in [-0.4, -0.2) is 60.3 Å². The number of methoxy groups -OCH3 is 2. The molecule has 1 aliphatic rings. The molecule has 0 fully saturated rings. The highest BCUT2D eigenvalue weighted by Crippen LogP contribution is 2.27. The van der Waals surface area contributed by atoms with Crippen molar-refractivity contribution < 1.29 is 14.3 Å². The number of rotatable bonds is 5. The summed E-state index contributed by atoms with van der Waals surface area (Å²) in [6.07, 6.45) is 0. The molecule has 1 aromatic heterocycles. The Morgan fingerprint density at radius 1 is 1.20 bits per heavy atom. The van der Waals surface area contributed by atoms with Crippen LogP contribution in [0.5, 0.6) is 11.5 Å². The number of carbonyl (C=O) groups excluding carboxylic acids is 1. The van der Waals surface area contributed by atoms with Gasteiger partial charge in [-0.15, -0.1) is 0 Å². The highest BCUT2D eigenvalue weighted by Gasteiger charge is 2.22. The Balaban J connectivity index is 1.74. The fourth-order valence-corrected chi connectivity index (χ4v) is 3.01. The van der Waals surface area contributed by atoms with E-state index < -0.39 is 0 Å². The van der Waals surface area contributed by atoms with E-state index in [0.717, 1.165) is 48.9 Å². The van der Waals surface area contributed by atoms with E-state index in [0.29, 0.717) is 5.69 Å². The number of aromatic nitrogens is 2. The van der Waals surface area contributed by atoms with Crippen molar-refractivity contribution in [2.45, 2.75) is 19.6 Å². The summed E-state index contributed by atoms with van der Waals surface area (Å²) in [7, 11) is 6.79. The number of fused-ring (bicyclic) bond motifs is 1. The number of nitrogens with zero attached hydrogens (tertiary/aromatic N) is 4. The van der Waals surface area contributed by atoms with Gasteiger partial charge in [-0.05, 0) is 12.1 Å². The van der Waals surface area contributed by atoms with Gasteiger partial charge in [-0.3, -0.25) is 14.4 Å². The molecule has 1 amide bonds. The lowest BCUT2D eigenvalue weighted by Gasteiger charge is -2.28. The minimum Gasteiger partial charge on any atom is -0.497 e. The zero-order valence-corrected chi connectivity index (χ0v) is 15.2. The summed E-state index contributed by atoms with van der Waals surface area (Å²) in [6.45, 7) is 3.17. The summed E-state index contributed by atoms with van der Waals surface area (Å²) in [5.41, 5.74) is 2.67. The third-order valence-corrected chi connectivity index (χ3v) is 4.39. The Bertz CT molecular complexity index is 770. The highest BCUT2D eigenvalue weighted by molar-refractivity contribution is 5.92. The first-order chi connectivity index (χ1) is 12.0. The highest BCUT2D eigenvalue weighted by atomic mass is 16.5. The predicted octanol–water partition coefficient (Wildman–Crippen LogP) is 1.62. The number of benzene rings is 1. The monoisotopic (exact) mass is 344 g/mol. The van der Waals surface area contributed by atoms with Gasteiger partial charge in [0, 0.05) is 45.4 Å². The Morgan fingerprint density at radius 2 is 2.00 bits per heavy atom. The molecule has 7 heteroatoms. The summed E-state index contributed by atoms with van der Waals surface area (Å²) in [5, 5.41) is 4.43. The maximum atomic E-state index is 12.1. The molecule has 1 aromatic carbocycles. The van der Waals surface area contributed by atoms with Crippen LogP contribution in [0.25, 0.3) is 0 Å². The summed E-state index contributed by atoms with van der Waals surface area (Å²) < 4.78 is 12.7. The summed E-state index contributed by atoms with van der Waals surface area (Å²) in [4.78, 5) is 16.0. The fourth-order valence-electron chi connectivity index (χ4n) is 3.01. The zero-order valence-electron chi connectivity index (χ0n) is 15.2. The Morgan fingerprint density at radius 3 is 2.68 bits per heavy atom. The maximum absolute atomic E-state index is 12.1. The zero-order chi connectivity index (χ0) is 18.0. The van der Waals surface area contributed by atoms with Crippen LogP contribution >= 0.6 is 0 Å². The largest absolute Gasteiger partial charge is 0.497 e. The van der Waals surface area contributed by atoms with Gasteiger partial charge in [-0.25, -0.2) is 0 Å². The third kappa shape index (κ3) is 3.61. The minimum absolute atomic E-state index is 0.0646. The molecule has 1 aliphatic heterocycles. The molecule has 0 saturated heterocycles. The van der Waals surface area contributed by atoms with Crippen molar-refractivity contribution in [3.8, 4) is 11.5 Å². The molecule has 0 saturated carbocycles. The van der Waals surface area contributed by atoms with Crippen LogP contribution in [0.15, 0.2) is 24.3 Å². The summed E-state index contributed by atoms with van der Waals surface area (Å²) in [5.74, 6) is 1.54. The molecule has 0 bridgehead atoms. The van der Waals surface area contributed by atoms with Crippen molar-refractivity contribution in [1.29, 1.82) is 0 Å². The Kier molecular flexibility index (Phi) is 4.94. The second-order valence-corrected chi connectivity index (χ2v) is 6.33. The van der Waals surface area contributed by atoms with Crippen LogP contribution in [0.1, 0.15) is 21.7 Å². The molecule has 2 aromatic rings. The summed E-state index contributed by atoms with van der Waals surface area (Å²) >= 11 is 0. The molecule has 134 valence electrons. The van der Waals surface area contributed by atoms with E-state index in [-0.39, 0.29) is 5.91 Å². The van der Waals surface area contributed by atoms with E-state index in [1.54, 1.807) is 33.2 Å². The minimum atomic E-state index is -0.0646. The van der Waals surface area contributed by atoms with Crippen molar-refractivity contribution in [1.82, 2.24) is 19.6 Å². The lowest BCUT2D eigenvalue weighted by molar-refractivity contribution is 0.0821. The van der Waals surface area contributed by atoms with Crippen LogP contribution in [0, 0.1) is 0 Å². The first kappa shape index (κ1) is 17.3. The lowest BCUT2D eigenvalue weighted by Crippen LogP contribution is -2.33. The first-order valence-electron chi connectivity index (χ1n) is 8.23. The molecule has 7 nitrogen and oxygen atoms in total. The van der Waals surface area contributed by atoms with Gasteiger partial charge in [-0.1, -0.05) is 6.07 Å². The SMILES string of the molecule is COc1ccc(CN2CCn3nc(C(=O)N(C)C)cc3C2)c(OC)c1. The van der Waals surface area contributed by atoms with Crippen LogP contribution < -0.4 is 9.47 Å². The molecule has 0 spiro atoms. The number of amides is 1. The molecule has 0 N–H and O–H groups in total. The Labute approximate surface area is 147 Å². The van der Waals surface area contributed by atoms with Crippen molar-refractivity contribution in [3.63, 3.8) is 0 Å². The molecule has 25 heavy (non-hydrogen) atoms. The van der Waals surface area contributed by atoms with Crippen molar-refractivity contribution in [2.75, 3.05) is 34.9 Å². The number of hydrogen-bond acceptors (Lipinski definition) is 5. The van der Waals surface area contributed by atoms with E-state index in [4.69, 9.17) is 9.47 Å². The van der Waals surface area contributed by atoms with Gasteiger partial charge in [0.1, 0.15) is 11.5 Å². The molecule has 3 rings (SSSR count). The van der Waals surface area contributed by atoms with E-state index in [1.165, 1.54) is 0 Å². The smallest absolute Gasteiger partial charge is 0.273 e. The van der Waals surface area contributed by atoms with Gasteiger partial charge < -0.3 is 14.4 Å². The fraction of sp³-hybridized carbons (Fsp3) is 0.444. The first-order valence-corrected chi connectivity index (χ1v) is 8.23. The van der Waals surface area contributed by atoms with Crippen molar-refractivity contribution >= 4 is 5.91 Å².